The molecule has 1 aromatic carbocycles. The van der Waals surface area contributed by atoms with E-state index in [1.807, 2.05) is 0 Å². The van der Waals surface area contributed by atoms with Crippen molar-refractivity contribution in [1.29, 1.82) is 0 Å². The summed E-state index contributed by atoms with van der Waals surface area (Å²) in [6, 6.07) is 7.99. The summed E-state index contributed by atoms with van der Waals surface area (Å²) in [5.74, 6) is 0.0190. The van der Waals surface area contributed by atoms with Crippen LogP contribution in [-0.4, -0.2) is 17.3 Å². The van der Waals surface area contributed by atoms with Crippen molar-refractivity contribution in [1.82, 2.24) is 4.98 Å². The second kappa shape index (κ2) is 7.24. The van der Waals surface area contributed by atoms with Gasteiger partial charge >= 0.3 is 12.8 Å². The number of rotatable bonds is 5. The summed E-state index contributed by atoms with van der Waals surface area (Å²) in [7, 11) is 0. The first-order valence-corrected chi connectivity index (χ1v) is 6.65. The van der Waals surface area contributed by atoms with Crippen LogP contribution in [0.15, 0.2) is 47.7 Å². The number of aromatic nitrogens is 1. The van der Waals surface area contributed by atoms with Crippen molar-refractivity contribution < 1.29 is 26.7 Å². The van der Waals surface area contributed by atoms with E-state index in [0.717, 1.165) is 12.1 Å². The van der Waals surface area contributed by atoms with E-state index in [4.69, 9.17) is 0 Å². The average Bonchev–Trinajstić information content (AvgIpc) is 2.52. The SMILES string of the molecule is C/C(=N/Nc1ccc(C(F)(F)F)cn1)c1ccccc1OC(F)F. The first kappa shape index (κ1) is 17.6. The minimum Gasteiger partial charge on any atom is -0.434 e. The van der Waals surface area contributed by atoms with Gasteiger partial charge in [0.25, 0.3) is 0 Å². The molecule has 0 aliphatic rings. The number of nitrogens with one attached hydrogen (secondary N) is 1. The molecule has 0 aliphatic carbocycles. The zero-order valence-corrected chi connectivity index (χ0v) is 12.3. The second-order valence-electron chi connectivity index (χ2n) is 4.61. The average molecular weight is 345 g/mol. The molecule has 1 N–H and O–H groups in total. The largest absolute Gasteiger partial charge is 0.434 e. The Kier molecular flexibility index (Phi) is 5.32. The molecular weight excluding hydrogens is 333 g/mol. The molecule has 9 heteroatoms. The maximum absolute atomic E-state index is 12.4. The van der Waals surface area contributed by atoms with E-state index in [9.17, 15) is 22.0 Å². The minimum absolute atomic E-state index is 0.0593. The molecule has 0 aliphatic heterocycles. The zero-order valence-electron chi connectivity index (χ0n) is 12.3. The minimum atomic E-state index is -4.48. The van der Waals surface area contributed by atoms with Gasteiger partial charge in [0.05, 0.1) is 11.3 Å². The second-order valence-corrected chi connectivity index (χ2v) is 4.61. The molecule has 128 valence electrons. The highest BCUT2D eigenvalue weighted by Crippen LogP contribution is 2.29. The molecule has 1 heterocycles. The number of para-hydroxylation sites is 1. The van der Waals surface area contributed by atoms with Crippen molar-refractivity contribution in [3.63, 3.8) is 0 Å². The first-order chi connectivity index (χ1) is 11.3. The van der Waals surface area contributed by atoms with Crippen LogP contribution in [0.4, 0.5) is 27.8 Å². The molecule has 0 saturated carbocycles. The highest BCUT2D eigenvalue weighted by Gasteiger charge is 2.30. The quantitative estimate of drug-likeness (QED) is 0.492. The van der Waals surface area contributed by atoms with Gasteiger partial charge in [-0.2, -0.15) is 27.1 Å². The van der Waals surface area contributed by atoms with Crippen LogP contribution in [0.25, 0.3) is 0 Å². The molecule has 1 aromatic heterocycles. The lowest BCUT2D eigenvalue weighted by Crippen LogP contribution is -2.08. The van der Waals surface area contributed by atoms with Crippen molar-refractivity contribution in [3.05, 3.63) is 53.7 Å². The summed E-state index contributed by atoms with van der Waals surface area (Å²) in [6.07, 6.45) is -3.81. The molecule has 0 radical (unpaired) electrons. The summed E-state index contributed by atoms with van der Waals surface area (Å²) >= 11 is 0. The topological polar surface area (TPSA) is 46.5 Å². The third kappa shape index (κ3) is 4.64. The van der Waals surface area contributed by atoms with Crippen LogP contribution in [0.3, 0.4) is 0 Å². The normalized spacial score (nSPS) is 12.4. The van der Waals surface area contributed by atoms with Crippen molar-refractivity contribution >= 4 is 11.5 Å². The predicted molar refractivity (Wildman–Crippen MR) is 78.1 cm³/mol. The number of pyridine rings is 1. The Morgan fingerprint density at radius 1 is 1.17 bits per heavy atom. The van der Waals surface area contributed by atoms with Gasteiger partial charge in [0.2, 0.25) is 0 Å². The monoisotopic (exact) mass is 345 g/mol. The number of hydrogen-bond donors (Lipinski definition) is 1. The van der Waals surface area contributed by atoms with E-state index in [0.29, 0.717) is 17.5 Å². The van der Waals surface area contributed by atoms with Crippen molar-refractivity contribution in [3.8, 4) is 5.75 Å². The standard InChI is InChI=1S/C15H12F5N3O/c1-9(11-4-2-3-5-12(11)24-14(16)17)22-23-13-7-6-10(8-21-13)15(18,19)20/h2-8,14H,1H3,(H,21,23)/b22-9-. The van der Waals surface area contributed by atoms with Crippen LogP contribution in [0.2, 0.25) is 0 Å². The van der Waals surface area contributed by atoms with Crippen molar-refractivity contribution in [2.24, 2.45) is 5.10 Å². The van der Waals surface area contributed by atoms with E-state index in [-0.39, 0.29) is 11.6 Å². The van der Waals surface area contributed by atoms with E-state index < -0.39 is 18.4 Å². The first-order valence-electron chi connectivity index (χ1n) is 6.65. The highest BCUT2D eigenvalue weighted by atomic mass is 19.4. The Morgan fingerprint density at radius 2 is 1.88 bits per heavy atom. The van der Waals surface area contributed by atoms with Gasteiger partial charge in [0, 0.05) is 11.8 Å². The lowest BCUT2D eigenvalue weighted by atomic mass is 10.1. The zero-order chi connectivity index (χ0) is 17.7. The van der Waals surface area contributed by atoms with Crippen LogP contribution < -0.4 is 10.2 Å². The molecule has 4 nitrogen and oxygen atoms in total. The molecule has 0 spiro atoms. The number of benzene rings is 1. The number of hydrogen-bond acceptors (Lipinski definition) is 4. The number of hydrazone groups is 1. The summed E-state index contributed by atoms with van der Waals surface area (Å²) in [5, 5.41) is 3.92. The molecule has 0 bridgehead atoms. The summed E-state index contributed by atoms with van der Waals surface area (Å²) in [6.45, 7) is -1.45. The van der Waals surface area contributed by atoms with Gasteiger partial charge in [0.1, 0.15) is 11.6 Å². The Bertz CT molecular complexity index is 714. The van der Waals surface area contributed by atoms with Gasteiger partial charge in [-0.15, -0.1) is 0 Å². The number of ether oxygens (including phenoxy) is 1. The molecule has 0 fully saturated rings. The fourth-order valence-corrected chi connectivity index (χ4v) is 1.79. The molecule has 2 rings (SSSR count). The third-order valence-corrected chi connectivity index (χ3v) is 2.92. The van der Waals surface area contributed by atoms with E-state index in [1.54, 1.807) is 6.07 Å². The lowest BCUT2D eigenvalue weighted by Gasteiger charge is -2.10. The number of alkyl halides is 5. The summed E-state index contributed by atoms with van der Waals surface area (Å²) in [5.41, 5.74) is 2.20. The van der Waals surface area contributed by atoms with Crippen LogP contribution in [0, 0.1) is 0 Å². The van der Waals surface area contributed by atoms with Crippen LogP contribution in [0.5, 0.6) is 5.75 Å². The van der Waals surface area contributed by atoms with Crippen LogP contribution >= 0.6 is 0 Å². The van der Waals surface area contributed by atoms with E-state index >= 15 is 0 Å². The maximum atomic E-state index is 12.4. The predicted octanol–water partition coefficient (Wildman–Crippen LogP) is 4.54. The Labute approximate surface area is 134 Å². The van der Waals surface area contributed by atoms with Gasteiger partial charge in [-0.3, -0.25) is 5.43 Å². The number of halogens is 5. The Balaban J connectivity index is 2.15. The fraction of sp³-hybridized carbons (Fsp3) is 0.200. The van der Waals surface area contributed by atoms with Crippen LogP contribution in [-0.2, 0) is 6.18 Å². The molecule has 0 atom stereocenters. The fourth-order valence-electron chi connectivity index (χ4n) is 1.79. The van der Waals surface area contributed by atoms with Crippen LogP contribution in [0.1, 0.15) is 18.1 Å². The van der Waals surface area contributed by atoms with E-state index in [1.165, 1.54) is 25.1 Å². The summed E-state index contributed by atoms with van der Waals surface area (Å²) < 4.78 is 66.4. The van der Waals surface area contributed by atoms with Crippen molar-refractivity contribution in [2.75, 3.05) is 5.43 Å². The lowest BCUT2D eigenvalue weighted by molar-refractivity contribution is -0.137. The molecule has 24 heavy (non-hydrogen) atoms. The highest BCUT2D eigenvalue weighted by molar-refractivity contribution is 6.01. The van der Waals surface area contributed by atoms with Gasteiger partial charge in [0.15, 0.2) is 0 Å². The van der Waals surface area contributed by atoms with E-state index in [2.05, 4.69) is 20.2 Å². The number of anilines is 1. The Morgan fingerprint density at radius 3 is 2.46 bits per heavy atom. The molecule has 0 saturated heterocycles. The summed E-state index contributed by atoms with van der Waals surface area (Å²) in [4.78, 5) is 3.59. The van der Waals surface area contributed by atoms with Gasteiger partial charge in [-0.1, -0.05) is 12.1 Å². The maximum Gasteiger partial charge on any atom is 0.417 e. The van der Waals surface area contributed by atoms with Crippen molar-refractivity contribution in [2.45, 2.75) is 19.7 Å². The molecular formula is C15H12F5N3O. The third-order valence-electron chi connectivity index (χ3n) is 2.92. The molecule has 0 unspecified atom stereocenters. The smallest absolute Gasteiger partial charge is 0.417 e. The molecule has 2 aromatic rings. The van der Waals surface area contributed by atoms with Gasteiger partial charge in [-0.25, -0.2) is 4.98 Å². The number of nitrogens with zero attached hydrogens (tertiary/aromatic N) is 2. The van der Waals surface area contributed by atoms with Gasteiger partial charge in [-0.05, 0) is 31.2 Å². The van der Waals surface area contributed by atoms with Gasteiger partial charge < -0.3 is 4.74 Å². The molecule has 0 amide bonds. The Hall–Kier alpha value is -2.71.